The summed E-state index contributed by atoms with van der Waals surface area (Å²) in [6.07, 6.45) is 2.33. The monoisotopic (exact) mass is 243 g/mol. The molecule has 5 heteroatoms. The van der Waals surface area contributed by atoms with Crippen molar-refractivity contribution in [3.05, 3.63) is 11.8 Å². The van der Waals surface area contributed by atoms with E-state index in [9.17, 15) is 9.59 Å². The molecule has 5 nitrogen and oxygen atoms in total. The molecule has 2 N–H and O–H groups in total. The summed E-state index contributed by atoms with van der Waals surface area (Å²) in [6.45, 7) is 7.29. The summed E-state index contributed by atoms with van der Waals surface area (Å²) < 4.78 is 4.55. The van der Waals surface area contributed by atoms with E-state index < -0.39 is 0 Å². The molecule has 98 valence electrons. The topological polar surface area (TPSA) is 75.6 Å². The predicted octanol–water partition coefficient (Wildman–Crippen LogP) is 1.34. The van der Waals surface area contributed by atoms with E-state index in [0.29, 0.717) is 25.0 Å². The number of carbonyl (C=O) groups is 2. The Balaban J connectivity index is 0.000000325. The fourth-order valence-corrected chi connectivity index (χ4v) is 1.12. The van der Waals surface area contributed by atoms with E-state index in [1.807, 2.05) is 20.8 Å². The zero-order valence-corrected chi connectivity index (χ0v) is 10.7. The summed E-state index contributed by atoms with van der Waals surface area (Å²) in [5.41, 5.74) is 0.180. The molecule has 0 atom stereocenters. The van der Waals surface area contributed by atoms with Crippen LogP contribution in [-0.2, 0) is 14.3 Å². The fraction of sp³-hybridized carbons (Fsp3) is 0.667. The average molecular weight is 243 g/mol. The van der Waals surface area contributed by atoms with Gasteiger partial charge in [0.05, 0.1) is 6.26 Å². The molecular weight excluding hydrogens is 222 g/mol. The van der Waals surface area contributed by atoms with Crippen LogP contribution in [0.5, 0.6) is 0 Å². The van der Waals surface area contributed by atoms with Gasteiger partial charge in [-0.3, -0.25) is 9.59 Å². The second-order valence-electron chi connectivity index (χ2n) is 4.68. The lowest BCUT2D eigenvalue weighted by Crippen LogP contribution is -2.17. The van der Waals surface area contributed by atoms with Gasteiger partial charge in [-0.25, -0.2) is 0 Å². The third kappa shape index (κ3) is 8.45. The van der Waals surface area contributed by atoms with Crippen molar-refractivity contribution in [2.45, 2.75) is 39.2 Å². The van der Waals surface area contributed by atoms with Gasteiger partial charge in [-0.15, -0.1) is 0 Å². The number of ketones is 1. The first-order valence-electron chi connectivity index (χ1n) is 5.59. The number of hydrogen-bond acceptors (Lipinski definition) is 5. The molecule has 17 heavy (non-hydrogen) atoms. The summed E-state index contributed by atoms with van der Waals surface area (Å²) in [4.78, 5) is 20.6. The molecule has 1 fully saturated rings. The summed E-state index contributed by atoms with van der Waals surface area (Å²) >= 11 is 0. The molecule has 0 amide bonds. The summed E-state index contributed by atoms with van der Waals surface area (Å²) in [6, 6.07) is 0. The molecule has 0 radical (unpaired) electrons. The molecule has 0 aromatic heterocycles. The van der Waals surface area contributed by atoms with Crippen molar-refractivity contribution in [2.24, 2.45) is 0 Å². The first kappa shape index (κ1) is 15.6. The lowest BCUT2D eigenvalue weighted by molar-refractivity contribution is -0.138. The SMILES string of the molecule is CC(C)(C)OC=O.O=C1CCCNCC1=CO. The number of aliphatic hydroxyl groups is 1. The molecule has 1 rings (SSSR count). The highest BCUT2D eigenvalue weighted by Crippen LogP contribution is 2.04. The largest absolute Gasteiger partial charge is 0.515 e. The van der Waals surface area contributed by atoms with Crippen molar-refractivity contribution in [1.29, 1.82) is 0 Å². The normalized spacial score (nSPS) is 19.0. The fourth-order valence-electron chi connectivity index (χ4n) is 1.12. The molecule has 1 aliphatic heterocycles. The second-order valence-corrected chi connectivity index (χ2v) is 4.68. The summed E-state index contributed by atoms with van der Waals surface area (Å²) in [5.74, 6) is 0.0625. The Bertz CT molecular complexity index is 279. The number of hydrogen-bond donors (Lipinski definition) is 2. The zero-order chi connectivity index (χ0) is 13.3. The van der Waals surface area contributed by atoms with E-state index in [1.165, 1.54) is 0 Å². The minimum Gasteiger partial charge on any atom is -0.515 e. The zero-order valence-electron chi connectivity index (χ0n) is 10.7. The molecule has 1 saturated heterocycles. The van der Waals surface area contributed by atoms with Crippen LogP contribution >= 0.6 is 0 Å². The van der Waals surface area contributed by atoms with E-state index in [2.05, 4.69) is 10.1 Å². The number of nitrogens with one attached hydrogen (secondary N) is 1. The Labute approximate surface area is 102 Å². The maximum absolute atomic E-state index is 11.0. The number of Topliss-reactive ketones (excluding diaryl/α,β-unsaturated/α-hetero) is 1. The Morgan fingerprint density at radius 2 is 2.06 bits per heavy atom. The second kappa shape index (κ2) is 7.84. The molecule has 0 aromatic carbocycles. The van der Waals surface area contributed by atoms with Gasteiger partial charge >= 0.3 is 0 Å². The van der Waals surface area contributed by atoms with Gasteiger partial charge in [0.15, 0.2) is 5.78 Å². The van der Waals surface area contributed by atoms with Crippen molar-refractivity contribution in [3.63, 3.8) is 0 Å². The molecule has 0 aliphatic carbocycles. The van der Waals surface area contributed by atoms with E-state index in [0.717, 1.165) is 19.2 Å². The van der Waals surface area contributed by atoms with Crippen LogP contribution in [0, 0.1) is 0 Å². The molecule has 0 aromatic rings. The standard InChI is InChI=1S/C7H11NO2.C5H10O2/c9-5-6-4-8-3-1-2-7(6)10;1-5(2,3)7-4-6/h5,8-9H,1-4H2;4H,1-3H3. The van der Waals surface area contributed by atoms with E-state index in [4.69, 9.17) is 5.11 Å². The van der Waals surface area contributed by atoms with Crippen LogP contribution in [0.2, 0.25) is 0 Å². The molecule has 1 aliphatic rings. The number of aliphatic hydroxyl groups excluding tert-OH is 1. The van der Waals surface area contributed by atoms with Crippen molar-refractivity contribution in [1.82, 2.24) is 5.32 Å². The smallest absolute Gasteiger partial charge is 0.293 e. The third-order valence-electron chi connectivity index (χ3n) is 1.99. The van der Waals surface area contributed by atoms with Gasteiger partial charge in [0.25, 0.3) is 6.47 Å². The van der Waals surface area contributed by atoms with Crippen molar-refractivity contribution in [3.8, 4) is 0 Å². The minimum absolute atomic E-state index is 0.0625. The van der Waals surface area contributed by atoms with Crippen molar-refractivity contribution in [2.75, 3.05) is 13.1 Å². The van der Waals surface area contributed by atoms with Gasteiger partial charge in [-0.05, 0) is 33.7 Å². The van der Waals surface area contributed by atoms with Gasteiger partial charge in [0, 0.05) is 18.5 Å². The highest BCUT2D eigenvalue weighted by molar-refractivity contribution is 5.95. The molecule has 0 saturated carbocycles. The van der Waals surface area contributed by atoms with Crippen LogP contribution in [0.4, 0.5) is 0 Å². The molecule has 0 unspecified atom stereocenters. The van der Waals surface area contributed by atoms with E-state index in [1.54, 1.807) is 0 Å². The van der Waals surface area contributed by atoms with Crippen LogP contribution in [0.3, 0.4) is 0 Å². The van der Waals surface area contributed by atoms with Crippen LogP contribution in [0.25, 0.3) is 0 Å². The highest BCUT2D eigenvalue weighted by atomic mass is 16.5. The van der Waals surface area contributed by atoms with Gasteiger partial charge < -0.3 is 15.2 Å². The molecular formula is C12H21NO4. The first-order chi connectivity index (χ1) is 7.90. The summed E-state index contributed by atoms with van der Waals surface area (Å²) in [7, 11) is 0. The van der Waals surface area contributed by atoms with Gasteiger partial charge in [0.2, 0.25) is 0 Å². The van der Waals surface area contributed by atoms with Gasteiger partial charge in [-0.1, -0.05) is 0 Å². The van der Waals surface area contributed by atoms with E-state index >= 15 is 0 Å². The average Bonchev–Trinajstić information content (AvgIpc) is 2.41. The third-order valence-corrected chi connectivity index (χ3v) is 1.99. The number of carbonyl (C=O) groups excluding carboxylic acids is 2. The maximum atomic E-state index is 11.0. The van der Waals surface area contributed by atoms with E-state index in [-0.39, 0.29) is 11.4 Å². The van der Waals surface area contributed by atoms with Crippen LogP contribution in [-0.4, -0.2) is 36.1 Å². The maximum Gasteiger partial charge on any atom is 0.293 e. The first-order valence-corrected chi connectivity index (χ1v) is 5.59. The Morgan fingerprint density at radius 3 is 2.47 bits per heavy atom. The van der Waals surface area contributed by atoms with Crippen LogP contribution in [0.1, 0.15) is 33.6 Å². The molecule has 0 bridgehead atoms. The minimum atomic E-state index is -0.318. The van der Waals surface area contributed by atoms with Gasteiger partial charge in [0.1, 0.15) is 5.60 Å². The van der Waals surface area contributed by atoms with Crippen LogP contribution < -0.4 is 5.32 Å². The van der Waals surface area contributed by atoms with Crippen LogP contribution in [0.15, 0.2) is 11.8 Å². The summed E-state index contributed by atoms with van der Waals surface area (Å²) in [5, 5.41) is 11.6. The number of ether oxygens (including phenoxy) is 1. The van der Waals surface area contributed by atoms with Crippen molar-refractivity contribution < 1.29 is 19.4 Å². The Hall–Kier alpha value is -1.36. The Morgan fingerprint density at radius 1 is 1.41 bits per heavy atom. The lowest BCUT2D eigenvalue weighted by atomic mass is 10.1. The van der Waals surface area contributed by atoms with Gasteiger partial charge in [-0.2, -0.15) is 0 Å². The number of rotatable bonds is 1. The van der Waals surface area contributed by atoms with Crippen molar-refractivity contribution >= 4 is 12.3 Å². The molecule has 1 heterocycles. The predicted molar refractivity (Wildman–Crippen MR) is 64.7 cm³/mol. The highest BCUT2D eigenvalue weighted by Gasteiger charge is 2.12. The Kier molecular flexibility index (Phi) is 7.21. The lowest BCUT2D eigenvalue weighted by Gasteiger charge is -2.14. The quantitative estimate of drug-likeness (QED) is 0.413. The molecule has 0 spiro atoms.